The summed E-state index contributed by atoms with van der Waals surface area (Å²) in [4.78, 5) is 27.8. The van der Waals surface area contributed by atoms with Gasteiger partial charge in [-0.05, 0) is 13.8 Å². The molecule has 0 amide bonds. The summed E-state index contributed by atoms with van der Waals surface area (Å²) in [5, 5.41) is 22.4. The van der Waals surface area contributed by atoms with Gasteiger partial charge >= 0.3 is 5.97 Å². The quantitative estimate of drug-likeness (QED) is 0.596. The van der Waals surface area contributed by atoms with Crippen molar-refractivity contribution in [2.24, 2.45) is 0 Å². The van der Waals surface area contributed by atoms with E-state index in [2.05, 4.69) is 4.74 Å². The molecular formula is C11H28O8. The molecule has 8 nitrogen and oxygen atoms in total. The molecule has 0 aromatic heterocycles. The van der Waals surface area contributed by atoms with Gasteiger partial charge in [-0.25, -0.2) is 0 Å². The second kappa shape index (κ2) is 36.0. The molecule has 0 aromatic carbocycles. The number of aliphatic hydroxyl groups is 1. The van der Waals surface area contributed by atoms with E-state index in [1.54, 1.807) is 13.8 Å². The molecule has 0 saturated heterocycles. The second-order valence-corrected chi connectivity index (χ2v) is 2.28. The van der Waals surface area contributed by atoms with Crippen molar-refractivity contribution in [3.63, 3.8) is 0 Å². The second-order valence-electron chi connectivity index (χ2n) is 2.28. The van der Waals surface area contributed by atoms with Crippen LogP contribution in [0.4, 0.5) is 0 Å². The Morgan fingerprint density at radius 2 is 1.11 bits per heavy atom. The van der Waals surface area contributed by atoms with E-state index in [4.69, 9.17) is 24.9 Å². The zero-order chi connectivity index (χ0) is 14.9. The molecule has 19 heavy (non-hydrogen) atoms. The molecule has 0 aliphatic carbocycles. The van der Waals surface area contributed by atoms with E-state index >= 15 is 0 Å². The lowest BCUT2D eigenvalue weighted by Crippen LogP contribution is -1.95. The average molecular weight is 288 g/mol. The summed E-state index contributed by atoms with van der Waals surface area (Å²) in [5.41, 5.74) is 0. The van der Waals surface area contributed by atoms with Crippen LogP contribution in [-0.4, -0.2) is 51.9 Å². The van der Waals surface area contributed by atoms with Crippen LogP contribution < -0.4 is 0 Å². The van der Waals surface area contributed by atoms with Gasteiger partial charge in [0, 0.05) is 27.4 Å². The van der Waals surface area contributed by atoms with Crippen LogP contribution in [0.5, 0.6) is 0 Å². The van der Waals surface area contributed by atoms with Crippen LogP contribution in [0.1, 0.15) is 42.0 Å². The first-order valence-corrected chi connectivity index (χ1v) is 4.78. The molecule has 5 N–H and O–H groups in total. The van der Waals surface area contributed by atoms with Crippen LogP contribution >= 0.6 is 0 Å². The van der Waals surface area contributed by atoms with E-state index in [9.17, 15) is 4.79 Å². The first kappa shape index (κ1) is 36.0. The molecule has 120 valence electrons. The Labute approximate surface area is 114 Å². The molecule has 0 spiro atoms. The van der Waals surface area contributed by atoms with Crippen LogP contribution in [0.2, 0.25) is 0 Å². The van der Waals surface area contributed by atoms with Crippen molar-refractivity contribution >= 4 is 17.9 Å². The van der Waals surface area contributed by atoms with Crippen molar-refractivity contribution in [2.45, 2.75) is 42.0 Å². The highest BCUT2D eigenvalue weighted by atomic mass is 16.5. The van der Waals surface area contributed by atoms with Crippen LogP contribution in [0.25, 0.3) is 0 Å². The molecule has 8 heteroatoms. The van der Waals surface area contributed by atoms with Gasteiger partial charge in [-0.3, -0.25) is 14.4 Å². The minimum Gasteiger partial charge on any atom is -0.481 e. The highest BCUT2D eigenvalue weighted by Crippen LogP contribution is 1.69. The molecule has 0 aliphatic heterocycles. The number of ether oxygens (including phenoxy) is 1. The van der Waals surface area contributed by atoms with Gasteiger partial charge in [0.05, 0.1) is 6.61 Å². The van der Waals surface area contributed by atoms with Crippen molar-refractivity contribution in [2.75, 3.05) is 13.2 Å². The molecule has 0 bridgehead atoms. The molecule has 0 aliphatic rings. The number of rotatable bonds is 1. The fraction of sp³-hybridized carbons (Fsp3) is 0.727. The fourth-order valence-corrected chi connectivity index (χ4v) is 0.203. The fourth-order valence-electron chi connectivity index (χ4n) is 0.203. The molecule has 0 heterocycles. The minimum atomic E-state index is -0.833. The topological polar surface area (TPSA) is 153 Å². The van der Waals surface area contributed by atoms with Crippen molar-refractivity contribution < 1.29 is 39.9 Å². The first-order chi connectivity index (χ1) is 7.65. The Balaban J connectivity index is -0.0000000296. The van der Waals surface area contributed by atoms with Gasteiger partial charge in [-0.2, -0.15) is 0 Å². The maximum Gasteiger partial charge on any atom is 0.302 e. The largest absolute Gasteiger partial charge is 0.481 e. The van der Waals surface area contributed by atoms with Gasteiger partial charge in [0.1, 0.15) is 0 Å². The van der Waals surface area contributed by atoms with Gasteiger partial charge in [0.2, 0.25) is 0 Å². The van der Waals surface area contributed by atoms with E-state index in [1.807, 2.05) is 0 Å². The minimum absolute atomic E-state index is 0. The summed E-state index contributed by atoms with van der Waals surface area (Å²) in [6.45, 7) is 7.75. The van der Waals surface area contributed by atoms with Gasteiger partial charge in [-0.15, -0.1) is 0 Å². The number of esters is 1. The lowest BCUT2D eigenvalue weighted by atomic mass is 10.8. The van der Waals surface area contributed by atoms with E-state index in [-0.39, 0.29) is 25.5 Å². The SMILES string of the molecule is C.CC(=O)O.CC(=O)O.CCO.CCOC(C)=O.O. The molecule has 0 aromatic rings. The molecular weight excluding hydrogens is 260 g/mol. The Morgan fingerprint density at radius 1 is 0.947 bits per heavy atom. The third-order valence-electron chi connectivity index (χ3n) is 0.348. The highest BCUT2D eigenvalue weighted by Gasteiger charge is 1.81. The van der Waals surface area contributed by atoms with E-state index in [0.29, 0.717) is 6.61 Å². The van der Waals surface area contributed by atoms with Gasteiger partial charge in [0.15, 0.2) is 0 Å². The normalized spacial score (nSPS) is 6.00. The number of carboxylic acid groups (broad SMARTS) is 2. The molecule has 0 fully saturated rings. The monoisotopic (exact) mass is 288 g/mol. The summed E-state index contributed by atoms with van der Waals surface area (Å²) in [5.74, 6) is -1.88. The Hall–Kier alpha value is -1.67. The van der Waals surface area contributed by atoms with Crippen LogP contribution in [0.15, 0.2) is 0 Å². The summed E-state index contributed by atoms with van der Waals surface area (Å²) in [6, 6.07) is 0. The van der Waals surface area contributed by atoms with Crippen LogP contribution in [0.3, 0.4) is 0 Å². The Kier molecular flexibility index (Phi) is 68.1. The number of carboxylic acids is 2. The standard InChI is InChI=1S/C4H8O2.2C2H4O2.C2H6O.CH4.H2O/c1-3-6-4(2)5;2*1-2(3)4;1-2-3;;/h3H2,1-2H3;2*1H3,(H,3,4);3H,2H2,1H3;1H4;1H2. The van der Waals surface area contributed by atoms with E-state index < -0.39 is 11.9 Å². The third kappa shape index (κ3) is 1900. The summed E-state index contributed by atoms with van der Waals surface area (Å²) >= 11 is 0. The molecule has 0 unspecified atom stereocenters. The van der Waals surface area contributed by atoms with Crippen molar-refractivity contribution in [3.05, 3.63) is 0 Å². The number of carbonyl (C=O) groups is 3. The van der Waals surface area contributed by atoms with Gasteiger partial charge in [0.25, 0.3) is 11.9 Å². The zero-order valence-corrected chi connectivity index (χ0v) is 11.4. The maximum absolute atomic E-state index is 9.82. The molecule has 0 rings (SSSR count). The summed E-state index contributed by atoms with van der Waals surface area (Å²) in [7, 11) is 0. The number of aliphatic hydroxyl groups excluding tert-OH is 1. The molecule has 0 saturated carbocycles. The zero-order valence-electron chi connectivity index (χ0n) is 11.4. The smallest absolute Gasteiger partial charge is 0.302 e. The van der Waals surface area contributed by atoms with Crippen LogP contribution in [-0.2, 0) is 19.1 Å². The van der Waals surface area contributed by atoms with E-state index in [1.165, 1.54) is 6.92 Å². The van der Waals surface area contributed by atoms with Gasteiger partial charge < -0.3 is 25.5 Å². The summed E-state index contributed by atoms with van der Waals surface area (Å²) < 4.78 is 4.40. The predicted octanol–water partition coefficient (Wildman–Crippen LogP) is 0.561. The maximum atomic E-state index is 9.82. The number of hydrogen-bond acceptors (Lipinski definition) is 5. The Bertz CT molecular complexity index is 171. The van der Waals surface area contributed by atoms with Crippen molar-refractivity contribution in [3.8, 4) is 0 Å². The third-order valence-corrected chi connectivity index (χ3v) is 0.348. The number of aliphatic carboxylic acids is 2. The van der Waals surface area contributed by atoms with Gasteiger partial charge in [-0.1, -0.05) is 7.43 Å². The van der Waals surface area contributed by atoms with Crippen LogP contribution in [0, 0.1) is 0 Å². The number of hydrogen-bond donors (Lipinski definition) is 3. The lowest BCUT2D eigenvalue weighted by Gasteiger charge is -1.89. The van der Waals surface area contributed by atoms with Crippen molar-refractivity contribution in [1.29, 1.82) is 0 Å². The average Bonchev–Trinajstić information content (AvgIpc) is 2.01. The molecule has 0 atom stereocenters. The van der Waals surface area contributed by atoms with Crippen molar-refractivity contribution in [1.82, 2.24) is 0 Å². The first-order valence-electron chi connectivity index (χ1n) is 4.78. The Morgan fingerprint density at radius 3 is 1.11 bits per heavy atom. The predicted molar refractivity (Wildman–Crippen MR) is 72.0 cm³/mol. The highest BCUT2D eigenvalue weighted by molar-refractivity contribution is 5.65. The van der Waals surface area contributed by atoms with E-state index in [0.717, 1.165) is 13.8 Å². The summed E-state index contributed by atoms with van der Waals surface area (Å²) in [6.07, 6.45) is 0. The molecule has 0 radical (unpaired) electrons. The number of carbonyl (C=O) groups excluding carboxylic acids is 1. The lowest BCUT2D eigenvalue weighted by molar-refractivity contribution is -0.140.